The van der Waals surface area contributed by atoms with Crippen molar-refractivity contribution in [3.05, 3.63) is 59.7 Å². The van der Waals surface area contributed by atoms with Crippen LogP contribution in [0.1, 0.15) is 24.0 Å². The zero-order valence-electron chi connectivity index (χ0n) is 16.8. The molecular weight excluding hydrogens is 354 g/mol. The van der Waals surface area contributed by atoms with Crippen LogP contribution in [0.4, 0.5) is 0 Å². The van der Waals surface area contributed by atoms with E-state index in [0.717, 1.165) is 44.0 Å². The Labute approximate surface area is 167 Å². The summed E-state index contributed by atoms with van der Waals surface area (Å²) >= 11 is 0. The molecule has 0 aromatic heterocycles. The minimum Gasteiger partial charge on any atom is -0.497 e. The lowest BCUT2D eigenvalue weighted by Crippen LogP contribution is -2.39. The molecule has 5 heteroatoms. The summed E-state index contributed by atoms with van der Waals surface area (Å²) in [4.78, 5) is 2.28. The third-order valence-corrected chi connectivity index (χ3v) is 5.11. The Morgan fingerprint density at radius 2 is 1.89 bits per heavy atom. The van der Waals surface area contributed by atoms with Crippen molar-refractivity contribution in [1.29, 1.82) is 0 Å². The number of hydrogen-bond donors (Lipinski definition) is 1. The fraction of sp³-hybridized carbons (Fsp3) is 0.478. The highest BCUT2D eigenvalue weighted by Crippen LogP contribution is 2.19. The van der Waals surface area contributed by atoms with E-state index in [0.29, 0.717) is 6.54 Å². The molecule has 1 N–H and O–H groups in total. The average molecular weight is 386 g/mol. The van der Waals surface area contributed by atoms with Crippen molar-refractivity contribution in [2.24, 2.45) is 0 Å². The SMILES string of the molecule is COc1ccc(OC[C@H](O)CN(Cc2ccccc2C)C[C@H]2CCCO2)cc1. The van der Waals surface area contributed by atoms with Crippen molar-refractivity contribution >= 4 is 0 Å². The van der Waals surface area contributed by atoms with Gasteiger partial charge in [-0.1, -0.05) is 24.3 Å². The van der Waals surface area contributed by atoms with E-state index in [9.17, 15) is 5.11 Å². The van der Waals surface area contributed by atoms with Gasteiger partial charge in [0.05, 0.1) is 13.2 Å². The molecule has 1 aliphatic heterocycles. The first-order chi connectivity index (χ1) is 13.6. The summed E-state index contributed by atoms with van der Waals surface area (Å²) in [6.07, 6.45) is 1.88. The van der Waals surface area contributed by atoms with Crippen LogP contribution in [-0.2, 0) is 11.3 Å². The summed E-state index contributed by atoms with van der Waals surface area (Å²) in [7, 11) is 1.64. The quantitative estimate of drug-likeness (QED) is 0.679. The lowest BCUT2D eigenvalue weighted by molar-refractivity contribution is 0.0313. The van der Waals surface area contributed by atoms with Crippen LogP contribution < -0.4 is 9.47 Å². The molecule has 0 saturated carbocycles. The lowest BCUT2D eigenvalue weighted by atomic mass is 10.1. The van der Waals surface area contributed by atoms with Gasteiger partial charge in [-0.15, -0.1) is 0 Å². The van der Waals surface area contributed by atoms with Gasteiger partial charge in [-0.2, -0.15) is 0 Å². The fourth-order valence-corrected chi connectivity index (χ4v) is 3.52. The van der Waals surface area contributed by atoms with Crippen LogP contribution in [0.5, 0.6) is 11.5 Å². The van der Waals surface area contributed by atoms with Gasteiger partial charge < -0.3 is 19.3 Å². The predicted molar refractivity (Wildman–Crippen MR) is 110 cm³/mol. The third-order valence-electron chi connectivity index (χ3n) is 5.11. The molecule has 0 aliphatic carbocycles. The van der Waals surface area contributed by atoms with Crippen LogP contribution in [0.15, 0.2) is 48.5 Å². The third kappa shape index (κ3) is 6.23. The van der Waals surface area contributed by atoms with Crippen LogP contribution >= 0.6 is 0 Å². The lowest BCUT2D eigenvalue weighted by Gasteiger charge is -2.28. The maximum atomic E-state index is 10.6. The van der Waals surface area contributed by atoms with Gasteiger partial charge in [0.2, 0.25) is 0 Å². The first-order valence-corrected chi connectivity index (χ1v) is 9.97. The molecule has 0 amide bonds. The van der Waals surface area contributed by atoms with Crippen molar-refractivity contribution in [2.45, 2.75) is 38.5 Å². The minimum absolute atomic E-state index is 0.249. The predicted octanol–water partition coefficient (Wildman–Crippen LogP) is 3.42. The number of aryl methyl sites for hydroxylation is 1. The number of aliphatic hydroxyl groups excluding tert-OH is 1. The summed E-state index contributed by atoms with van der Waals surface area (Å²) in [6.45, 7) is 5.39. The molecule has 0 spiro atoms. The van der Waals surface area contributed by atoms with Gasteiger partial charge in [0.15, 0.2) is 0 Å². The molecule has 5 nitrogen and oxygen atoms in total. The molecule has 1 aliphatic rings. The second-order valence-electron chi connectivity index (χ2n) is 7.40. The number of nitrogens with zero attached hydrogens (tertiary/aromatic N) is 1. The number of benzene rings is 2. The molecule has 0 bridgehead atoms. The van der Waals surface area contributed by atoms with Crippen LogP contribution in [0, 0.1) is 6.92 Å². The van der Waals surface area contributed by atoms with Crippen molar-refractivity contribution in [3.8, 4) is 11.5 Å². The second kappa shape index (κ2) is 10.5. The van der Waals surface area contributed by atoms with Gasteiger partial charge in [0.1, 0.15) is 24.2 Å². The fourth-order valence-electron chi connectivity index (χ4n) is 3.52. The van der Waals surface area contributed by atoms with Gasteiger partial charge in [0, 0.05) is 26.2 Å². The number of hydrogen-bond acceptors (Lipinski definition) is 5. The molecule has 2 aromatic carbocycles. The molecule has 0 unspecified atom stereocenters. The Morgan fingerprint density at radius 1 is 1.14 bits per heavy atom. The number of rotatable bonds is 10. The highest BCUT2D eigenvalue weighted by molar-refractivity contribution is 5.31. The van der Waals surface area contributed by atoms with Crippen molar-refractivity contribution < 1.29 is 19.3 Å². The van der Waals surface area contributed by atoms with E-state index in [4.69, 9.17) is 14.2 Å². The molecule has 2 atom stereocenters. The smallest absolute Gasteiger partial charge is 0.119 e. The van der Waals surface area contributed by atoms with Crippen LogP contribution in [-0.4, -0.2) is 55.6 Å². The minimum atomic E-state index is -0.576. The van der Waals surface area contributed by atoms with E-state index in [1.807, 2.05) is 24.3 Å². The van der Waals surface area contributed by atoms with Gasteiger partial charge in [-0.3, -0.25) is 4.90 Å². The van der Waals surface area contributed by atoms with Crippen molar-refractivity contribution in [3.63, 3.8) is 0 Å². The van der Waals surface area contributed by atoms with Gasteiger partial charge >= 0.3 is 0 Å². The summed E-state index contributed by atoms with van der Waals surface area (Å²) in [5.74, 6) is 1.51. The van der Waals surface area contributed by atoms with Crippen LogP contribution in [0.25, 0.3) is 0 Å². The highest BCUT2D eigenvalue weighted by atomic mass is 16.5. The first kappa shape index (κ1) is 20.6. The first-order valence-electron chi connectivity index (χ1n) is 9.97. The number of methoxy groups -OCH3 is 1. The molecule has 1 saturated heterocycles. The normalized spacial score (nSPS) is 17.6. The molecule has 0 radical (unpaired) electrons. The summed E-state index contributed by atoms with van der Waals surface area (Å²) in [5.41, 5.74) is 2.55. The van der Waals surface area contributed by atoms with E-state index >= 15 is 0 Å². The van der Waals surface area contributed by atoms with Crippen LogP contribution in [0.3, 0.4) is 0 Å². The Bertz CT molecular complexity index is 713. The van der Waals surface area contributed by atoms with Gasteiger partial charge in [0.25, 0.3) is 0 Å². The van der Waals surface area contributed by atoms with E-state index in [-0.39, 0.29) is 12.7 Å². The molecule has 2 aromatic rings. The monoisotopic (exact) mass is 385 g/mol. The molecule has 3 rings (SSSR count). The van der Waals surface area contributed by atoms with Gasteiger partial charge in [-0.05, 0) is 55.2 Å². The highest BCUT2D eigenvalue weighted by Gasteiger charge is 2.22. The standard InChI is InChI=1S/C23H31NO4/c1-18-6-3-4-7-19(18)14-24(16-23-8-5-13-27-23)15-20(25)17-28-22-11-9-21(26-2)10-12-22/h3-4,6-7,9-12,20,23,25H,5,8,13-17H2,1-2H3/t20-,23-/m1/s1. The largest absolute Gasteiger partial charge is 0.497 e. The topological polar surface area (TPSA) is 51.2 Å². The number of ether oxygens (including phenoxy) is 3. The Morgan fingerprint density at radius 3 is 2.57 bits per heavy atom. The van der Waals surface area contributed by atoms with Crippen molar-refractivity contribution in [2.75, 3.05) is 33.4 Å². The van der Waals surface area contributed by atoms with Crippen molar-refractivity contribution in [1.82, 2.24) is 4.90 Å². The summed E-state index contributed by atoms with van der Waals surface area (Å²) < 4.78 is 16.7. The molecule has 1 heterocycles. The van der Waals surface area contributed by atoms with E-state index in [2.05, 4.69) is 36.1 Å². The Kier molecular flexibility index (Phi) is 7.71. The van der Waals surface area contributed by atoms with Crippen LogP contribution in [0.2, 0.25) is 0 Å². The maximum Gasteiger partial charge on any atom is 0.119 e. The van der Waals surface area contributed by atoms with E-state index in [1.165, 1.54) is 11.1 Å². The summed E-state index contributed by atoms with van der Waals surface area (Å²) in [6, 6.07) is 15.8. The zero-order valence-corrected chi connectivity index (χ0v) is 16.8. The van der Waals surface area contributed by atoms with E-state index in [1.54, 1.807) is 7.11 Å². The molecule has 152 valence electrons. The average Bonchev–Trinajstić information content (AvgIpc) is 3.21. The molecular formula is C23H31NO4. The molecule has 1 fully saturated rings. The number of aliphatic hydroxyl groups is 1. The van der Waals surface area contributed by atoms with Gasteiger partial charge in [-0.25, -0.2) is 0 Å². The summed E-state index contributed by atoms with van der Waals surface area (Å²) in [5, 5.41) is 10.6. The van der Waals surface area contributed by atoms with E-state index < -0.39 is 6.10 Å². The second-order valence-corrected chi connectivity index (χ2v) is 7.40. The molecule has 28 heavy (non-hydrogen) atoms. The zero-order chi connectivity index (χ0) is 19.8. The Hall–Kier alpha value is -2.08. The Balaban J connectivity index is 1.56. The maximum absolute atomic E-state index is 10.6.